The van der Waals surface area contributed by atoms with E-state index in [2.05, 4.69) is 46.7 Å². The number of furan rings is 1. The molecule has 1 rings (SSSR count). The average Bonchev–Trinajstić information content (AvgIpc) is 2.66. The Kier molecular flexibility index (Phi) is 6.46. The normalized spacial score (nSPS) is 13.1. The second-order valence-electron chi connectivity index (χ2n) is 6.59. The van der Waals surface area contributed by atoms with Gasteiger partial charge in [0.1, 0.15) is 10.7 Å². The summed E-state index contributed by atoms with van der Waals surface area (Å²) in [6.07, 6.45) is 0.767. The number of hydrogen-bond acceptors (Lipinski definition) is 4. The van der Waals surface area contributed by atoms with E-state index in [1.807, 2.05) is 13.8 Å². The molecule has 0 saturated heterocycles. The van der Waals surface area contributed by atoms with Gasteiger partial charge in [0, 0.05) is 18.7 Å². The number of sulfonamides is 1. The Labute approximate surface area is 136 Å². The minimum atomic E-state index is -3.55. The third-order valence-corrected chi connectivity index (χ3v) is 5.17. The van der Waals surface area contributed by atoms with Gasteiger partial charge in [-0.15, -0.1) is 0 Å². The maximum absolute atomic E-state index is 12.3. The maximum Gasteiger partial charge on any atom is 0.244 e. The van der Waals surface area contributed by atoms with Crippen molar-refractivity contribution in [2.45, 2.75) is 58.5 Å². The predicted molar refractivity (Wildman–Crippen MR) is 87.6 cm³/mol. The van der Waals surface area contributed by atoms with Crippen LogP contribution in [0.25, 0.3) is 0 Å². The van der Waals surface area contributed by atoms with Crippen LogP contribution in [0.5, 0.6) is 0 Å². The molecular formula is C14H25BrN2O3S. The van der Waals surface area contributed by atoms with E-state index in [4.69, 9.17) is 4.42 Å². The van der Waals surface area contributed by atoms with E-state index in [1.165, 1.54) is 0 Å². The molecule has 0 aliphatic rings. The van der Waals surface area contributed by atoms with Crippen molar-refractivity contribution < 1.29 is 12.8 Å². The molecule has 0 unspecified atom stereocenters. The molecular weight excluding hydrogens is 356 g/mol. The molecule has 0 amide bonds. The van der Waals surface area contributed by atoms with Crippen LogP contribution in [0.4, 0.5) is 0 Å². The molecule has 0 atom stereocenters. The van der Waals surface area contributed by atoms with Crippen LogP contribution in [0.1, 0.15) is 46.8 Å². The molecule has 0 bridgehead atoms. The van der Waals surface area contributed by atoms with Gasteiger partial charge < -0.3 is 9.73 Å². The quantitative estimate of drug-likeness (QED) is 0.761. The molecule has 21 heavy (non-hydrogen) atoms. The zero-order valence-electron chi connectivity index (χ0n) is 13.3. The molecule has 2 N–H and O–H groups in total. The Morgan fingerprint density at radius 1 is 1.33 bits per heavy atom. The lowest BCUT2D eigenvalue weighted by molar-refractivity contribution is 0.378. The summed E-state index contributed by atoms with van der Waals surface area (Å²) in [4.78, 5) is 0.150. The molecule has 0 fully saturated rings. The van der Waals surface area contributed by atoms with Crippen LogP contribution in [0.3, 0.4) is 0 Å². The summed E-state index contributed by atoms with van der Waals surface area (Å²) < 4.78 is 32.8. The van der Waals surface area contributed by atoms with Gasteiger partial charge in [0.2, 0.25) is 10.0 Å². The van der Waals surface area contributed by atoms with Crippen molar-refractivity contribution in [3.8, 4) is 0 Å². The molecule has 1 heterocycles. The van der Waals surface area contributed by atoms with Gasteiger partial charge in [0.15, 0.2) is 4.67 Å². The zero-order chi connectivity index (χ0) is 16.3. The Morgan fingerprint density at radius 2 is 1.95 bits per heavy atom. The van der Waals surface area contributed by atoms with Crippen LogP contribution < -0.4 is 10.0 Å². The van der Waals surface area contributed by atoms with Crippen molar-refractivity contribution in [2.75, 3.05) is 6.54 Å². The van der Waals surface area contributed by atoms with Crippen LogP contribution >= 0.6 is 15.9 Å². The first-order chi connectivity index (χ1) is 9.51. The van der Waals surface area contributed by atoms with Crippen molar-refractivity contribution >= 4 is 26.0 Å². The molecule has 122 valence electrons. The summed E-state index contributed by atoms with van der Waals surface area (Å²) in [5, 5.41) is 3.19. The summed E-state index contributed by atoms with van der Waals surface area (Å²) >= 11 is 3.18. The molecule has 7 heteroatoms. The summed E-state index contributed by atoms with van der Waals surface area (Å²) in [7, 11) is -3.55. The highest BCUT2D eigenvalue weighted by Crippen LogP contribution is 2.26. The fourth-order valence-electron chi connectivity index (χ4n) is 1.61. The van der Waals surface area contributed by atoms with Crippen molar-refractivity contribution in [3.63, 3.8) is 0 Å². The summed E-state index contributed by atoms with van der Waals surface area (Å²) in [5.41, 5.74) is 0.0858. The van der Waals surface area contributed by atoms with Crippen molar-refractivity contribution in [1.82, 2.24) is 10.0 Å². The fraction of sp³-hybridized carbons (Fsp3) is 0.714. The number of halogens is 1. The van der Waals surface area contributed by atoms with Crippen LogP contribution in [0.2, 0.25) is 0 Å². The van der Waals surface area contributed by atoms with Crippen LogP contribution in [0, 0.1) is 5.41 Å². The first-order valence-corrected chi connectivity index (χ1v) is 9.30. The van der Waals surface area contributed by atoms with Crippen LogP contribution in [-0.4, -0.2) is 21.0 Å². The van der Waals surface area contributed by atoms with Gasteiger partial charge in [-0.3, -0.25) is 0 Å². The van der Waals surface area contributed by atoms with E-state index >= 15 is 0 Å². The summed E-state index contributed by atoms with van der Waals surface area (Å²) in [6.45, 7) is 11.2. The monoisotopic (exact) mass is 380 g/mol. The zero-order valence-corrected chi connectivity index (χ0v) is 15.7. The first-order valence-electron chi connectivity index (χ1n) is 7.02. The number of nitrogens with one attached hydrogen (secondary N) is 2. The smallest absolute Gasteiger partial charge is 0.244 e. The topological polar surface area (TPSA) is 71.3 Å². The summed E-state index contributed by atoms with van der Waals surface area (Å²) in [5.74, 6) is 0.590. The summed E-state index contributed by atoms with van der Waals surface area (Å²) in [6, 6.07) is 1.86. The van der Waals surface area contributed by atoms with Crippen molar-refractivity contribution in [3.05, 3.63) is 16.5 Å². The minimum Gasteiger partial charge on any atom is -0.452 e. The second kappa shape index (κ2) is 7.26. The molecule has 0 saturated carbocycles. The van der Waals surface area contributed by atoms with E-state index in [9.17, 15) is 8.42 Å². The first kappa shape index (κ1) is 18.7. The van der Waals surface area contributed by atoms with Gasteiger partial charge >= 0.3 is 0 Å². The highest BCUT2D eigenvalue weighted by molar-refractivity contribution is 9.10. The van der Waals surface area contributed by atoms with E-state index in [0.717, 1.165) is 6.42 Å². The SMILES string of the molecule is CC(C)NCc1cc(S(=O)(=O)NCCC(C)(C)C)c(Br)o1. The van der Waals surface area contributed by atoms with E-state index < -0.39 is 10.0 Å². The van der Waals surface area contributed by atoms with Crippen LogP contribution in [-0.2, 0) is 16.6 Å². The lowest BCUT2D eigenvalue weighted by atomic mass is 9.93. The third kappa shape index (κ3) is 6.50. The lowest BCUT2D eigenvalue weighted by Gasteiger charge is -2.17. The van der Waals surface area contributed by atoms with Gasteiger partial charge in [-0.05, 0) is 27.8 Å². The molecule has 0 aliphatic heterocycles. The van der Waals surface area contributed by atoms with Gasteiger partial charge in [0.25, 0.3) is 0 Å². The number of rotatable bonds is 7. The predicted octanol–water partition coefficient (Wildman–Crippen LogP) is 3.25. The highest BCUT2D eigenvalue weighted by atomic mass is 79.9. The minimum absolute atomic E-state index is 0.0858. The van der Waals surface area contributed by atoms with Crippen LogP contribution in [0.15, 0.2) is 20.0 Å². The fourth-order valence-corrected chi connectivity index (χ4v) is 3.64. The molecule has 1 aromatic heterocycles. The van der Waals surface area contributed by atoms with E-state index in [0.29, 0.717) is 24.9 Å². The molecule has 0 radical (unpaired) electrons. The van der Waals surface area contributed by atoms with Gasteiger partial charge in [-0.1, -0.05) is 34.6 Å². The Balaban J connectivity index is 2.74. The molecule has 5 nitrogen and oxygen atoms in total. The highest BCUT2D eigenvalue weighted by Gasteiger charge is 2.23. The molecule has 0 aliphatic carbocycles. The van der Waals surface area contributed by atoms with E-state index in [1.54, 1.807) is 6.07 Å². The molecule has 0 aromatic carbocycles. The molecule has 0 spiro atoms. The second-order valence-corrected chi connectivity index (χ2v) is 9.05. The Bertz CT molecular complexity index is 559. The van der Waals surface area contributed by atoms with E-state index in [-0.39, 0.29) is 15.0 Å². The largest absolute Gasteiger partial charge is 0.452 e. The van der Waals surface area contributed by atoms with Crippen molar-refractivity contribution in [1.29, 1.82) is 0 Å². The Morgan fingerprint density at radius 3 is 2.48 bits per heavy atom. The van der Waals surface area contributed by atoms with Gasteiger partial charge in [-0.25, -0.2) is 13.1 Å². The molecule has 1 aromatic rings. The van der Waals surface area contributed by atoms with Gasteiger partial charge in [-0.2, -0.15) is 0 Å². The average molecular weight is 381 g/mol. The van der Waals surface area contributed by atoms with Gasteiger partial charge in [0.05, 0.1) is 6.54 Å². The lowest BCUT2D eigenvalue weighted by Crippen LogP contribution is -2.27. The third-order valence-electron chi connectivity index (χ3n) is 2.85. The standard InChI is InChI=1S/C14H25BrN2O3S/c1-10(2)16-9-11-8-12(13(15)20-11)21(18,19)17-7-6-14(3,4)5/h8,10,16-17H,6-7,9H2,1-5H3. The number of hydrogen-bond donors (Lipinski definition) is 2. The van der Waals surface area contributed by atoms with Crippen molar-refractivity contribution in [2.24, 2.45) is 5.41 Å². The maximum atomic E-state index is 12.3. The Hall–Kier alpha value is -0.370.